The first kappa shape index (κ1) is 17.9. The molecule has 0 fully saturated rings. The van der Waals surface area contributed by atoms with E-state index >= 15 is 0 Å². The maximum absolute atomic E-state index is 13.3. The quantitative estimate of drug-likeness (QED) is 0.760. The van der Waals surface area contributed by atoms with Gasteiger partial charge in [-0.05, 0) is 42.8 Å². The molecule has 0 aliphatic rings. The lowest BCUT2D eigenvalue weighted by molar-refractivity contribution is -0.149. The van der Waals surface area contributed by atoms with Crippen LogP contribution < -0.4 is 10.1 Å². The first-order valence-electron chi connectivity index (χ1n) is 7.04. The monoisotopic (exact) mass is 395 g/mol. The molecule has 0 spiro atoms. The van der Waals surface area contributed by atoms with Crippen LogP contribution in [0.25, 0.3) is 0 Å². The minimum absolute atomic E-state index is 0.0515. The molecule has 0 aliphatic heterocycles. The standard InChI is InChI=1S/C17H15BrFNO4/c1-11-8-12(18)6-7-14(11)20-16(21)9-24-17(22)10-23-15-5-3-2-4-13(15)19/h2-8H,9-10H2,1H3,(H,20,21). The number of hydrogen-bond acceptors (Lipinski definition) is 4. The van der Waals surface area contributed by atoms with Gasteiger partial charge >= 0.3 is 5.97 Å². The van der Waals surface area contributed by atoms with Gasteiger partial charge in [-0.15, -0.1) is 0 Å². The van der Waals surface area contributed by atoms with E-state index in [9.17, 15) is 14.0 Å². The molecule has 2 aromatic carbocycles. The van der Waals surface area contributed by atoms with E-state index in [0.717, 1.165) is 10.0 Å². The summed E-state index contributed by atoms with van der Waals surface area (Å²) in [6.07, 6.45) is 0. The molecule has 1 N–H and O–H groups in total. The summed E-state index contributed by atoms with van der Waals surface area (Å²) in [7, 11) is 0. The van der Waals surface area contributed by atoms with Crippen molar-refractivity contribution in [2.75, 3.05) is 18.5 Å². The topological polar surface area (TPSA) is 64.6 Å². The highest BCUT2D eigenvalue weighted by molar-refractivity contribution is 9.10. The third kappa shape index (κ3) is 5.34. The first-order chi connectivity index (χ1) is 11.5. The van der Waals surface area contributed by atoms with Crippen LogP contribution in [-0.4, -0.2) is 25.1 Å². The summed E-state index contributed by atoms with van der Waals surface area (Å²) in [4.78, 5) is 23.3. The molecule has 0 unspecified atom stereocenters. The second-order valence-corrected chi connectivity index (χ2v) is 5.80. The van der Waals surface area contributed by atoms with E-state index in [1.807, 2.05) is 13.0 Å². The van der Waals surface area contributed by atoms with Gasteiger partial charge in [-0.25, -0.2) is 9.18 Å². The van der Waals surface area contributed by atoms with E-state index in [1.165, 1.54) is 18.2 Å². The Kier molecular flexibility index (Phi) is 6.31. The third-order valence-electron chi connectivity index (χ3n) is 3.01. The number of rotatable bonds is 6. The second-order valence-electron chi connectivity index (χ2n) is 4.89. The van der Waals surface area contributed by atoms with Crippen molar-refractivity contribution in [3.05, 3.63) is 58.3 Å². The molecule has 7 heteroatoms. The van der Waals surface area contributed by atoms with E-state index in [-0.39, 0.29) is 5.75 Å². The fourth-order valence-electron chi connectivity index (χ4n) is 1.84. The fourth-order valence-corrected chi connectivity index (χ4v) is 2.32. The van der Waals surface area contributed by atoms with Crippen LogP contribution in [-0.2, 0) is 14.3 Å². The van der Waals surface area contributed by atoms with E-state index in [4.69, 9.17) is 9.47 Å². The summed E-state index contributed by atoms with van der Waals surface area (Å²) in [6, 6.07) is 11.1. The van der Waals surface area contributed by atoms with Gasteiger partial charge in [0.15, 0.2) is 24.8 Å². The number of benzene rings is 2. The Bertz CT molecular complexity index is 751. The van der Waals surface area contributed by atoms with Gasteiger partial charge in [0.25, 0.3) is 5.91 Å². The van der Waals surface area contributed by atoms with Crippen molar-refractivity contribution in [2.24, 2.45) is 0 Å². The molecule has 0 aliphatic carbocycles. The molecule has 0 saturated carbocycles. The molecule has 2 aromatic rings. The number of amides is 1. The molecule has 2 rings (SSSR count). The predicted octanol–water partition coefficient (Wildman–Crippen LogP) is 3.46. The highest BCUT2D eigenvalue weighted by Crippen LogP contribution is 2.20. The Morgan fingerprint density at radius 2 is 1.92 bits per heavy atom. The second kappa shape index (κ2) is 8.44. The number of nitrogens with one attached hydrogen (secondary N) is 1. The predicted molar refractivity (Wildman–Crippen MR) is 90.4 cm³/mol. The molecule has 0 atom stereocenters. The van der Waals surface area contributed by atoms with Crippen LogP contribution in [0.1, 0.15) is 5.56 Å². The van der Waals surface area contributed by atoms with Crippen LogP contribution in [0.2, 0.25) is 0 Å². The van der Waals surface area contributed by atoms with Crippen LogP contribution in [0.3, 0.4) is 0 Å². The molecule has 0 bridgehead atoms. The van der Waals surface area contributed by atoms with Crippen molar-refractivity contribution in [1.29, 1.82) is 0 Å². The lowest BCUT2D eigenvalue weighted by atomic mass is 10.2. The number of carbonyl (C=O) groups is 2. The molecule has 5 nitrogen and oxygen atoms in total. The summed E-state index contributed by atoms with van der Waals surface area (Å²) in [6.45, 7) is 0.912. The minimum Gasteiger partial charge on any atom is -0.479 e. The molecule has 0 saturated heterocycles. The Hall–Kier alpha value is -2.41. The van der Waals surface area contributed by atoms with E-state index in [2.05, 4.69) is 21.2 Å². The Balaban J connectivity index is 1.77. The molecular weight excluding hydrogens is 381 g/mol. The zero-order valence-electron chi connectivity index (χ0n) is 12.8. The molecule has 24 heavy (non-hydrogen) atoms. The molecule has 126 valence electrons. The van der Waals surface area contributed by atoms with Gasteiger partial charge in [-0.3, -0.25) is 4.79 Å². The summed E-state index contributed by atoms with van der Waals surface area (Å²) in [5.41, 5.74) is 1.49. The molecule has 1 amide bonds. The summed E-state index contributed by atoms with van der Waals surface area (Å²) in [5.74, 6) is -1.86. The van der Waals surface area contributed by atoms with Crippen LogP contribution in [0.15, 0.2) is 46.9 Å². The van der Waals surface area contributed by atoms with Gasteiger partial charge in [-0.1, -0.05) is 28.1 Å². The van der Waals surface area contributed by atoms with Crippen molar-refractivity contribution < 1.29 is 23.5 Å². The highest BCUT2D eigenvalue weighted by Gasteiger charge is 2.11. The first-order valence-corrected chi connectivity index (χ1v) is 7.84. The van der Waals surface area contributed by atoms with Gasteiger partial charge in [-0.2, -0.15) is 0 Å². The van der Waals surface area contributed by atoms with Gasteiger partial charge in [0.1, 0.15) is 0 Å². The number of halogens is 2. The van der Waals surface area contributed by atoms with Crippen LogP contribution in [0.5, 0.6) is 5.75 Å². The van der Waals surface area contributed by atoms with Gasteiger partial charge in [0.05, 0.1) is 0 Å². The zero-order valence-corrected chi connectivity index (χ0v) is 14.4. The number of ether oxygens (including phenoxy) is 2. The maximum atomic E-state index is 13.3. The fraction of sp³-hybridized carbons (Fsp3) is 0.176. The average Bonchev–Trinajstić information content (AvgIpc) is 2.55. The normalized spacial score (nSPS) is 10.1. The molecule has 0 radical (unpaired) electrons. The summed E-state index contributed by atoms with van der Waals surface area (Å²) < 4.78 is 24.0. The van der Waals surface area contributed by atoms with E-state index in [0.29, 0.717) is 5.69 Å². The zero-order chi connectivity index (χ0) is 17.5. The Morgan fingerprint density at radius 1 is 1.17 bits per heavy atom. The highest BCUT2D eigenvalue weighted by atomic mass is 79.9. The van der Waals surface area contributed by atoms with Crippen molar-refractivity contribution in [1.82, 2.24) is 0 Å². The number of aryl methyl sites for hydroxylation is 1. The van der Waals surface area contributed by atoms with Crippen molar-refractivity contribution in [2.45, 2.75) is 6.92 Å². The smallest absolute Gasteiger partial charge is 0.344 e. The Morgan fingerprint density at radius 3 is 2.62 bits per heavy atom. The van der Waals surface area contributed by atoms with Crippen LogP contribution in [0, 0.1) is 12.7 Å². The van der Waals surface area contributed by atoms with Gasteiger partial charge in [0.2, 0.25) is 0 Å². The van der Waals surface area contributed by atoms with Crippen molar-refractivity contribution >= 4 is 33.5 Å². The van der Waals surface area contributed by atoms with Crippen molar-refractivity contribution in [3.8, 4) is 5.75 Å². The van der Waals surface area contributed by atoms with E-state index < -0.39 is 30.9 Å². The SMILES string of the molecule is Cc1cc(Br)ccc1NC(=O)COC(=O)COc1ccccc1F. The third-order valence-corrected chi connectivity index (χ3v) is 3.50. The minimum atomic E-state index is -0.763. The number of carbonyl (C=O) groups excluding carboxylic acids is 2. The maximum Gasteiger partial charge on any atom is 0.344 e. The lowest BCUT2D eigenvalue weighted by Crippen LogP contribution is -2.24. The molecular formula is C17H15BrFNO4. The molecule has 0 aromatic heterocycles. The average molecular weight is 396 g/mol. The lowest BCUT2D eigenvalue weighted by Gasteiger charge is -2.10. The number of hydrogen-bond donors (Lipinski definition) is 1. The molecule has 0 heterocycles. The largest absolute Gasteiger partial charge is 0.479 e. The van der Waals surface area contributed by atoms with Gasteiger partial charge in [0, 0.05) is 10.2 Å². The Labute approximate surface area is 146 Å². The number of esters is 1. The summed E-state index contributed by atoms with van der Waals surface area (Å²) >= 11 is 3.33. The summed E-state index contributed by atoms with van der Waals surface area (Å²) in [5, 5.41) is 2.64. The van der Waals surface area contributed by atoms with Crippen molar-refractivity contribution in [3.63, 3.8) is 0 Å². The number of anilines is 1. The van der Waals surface area contributed by atoms with Crippen LogP contribution >= 0.6 is 15.9 Å². The van der Waals surface area contributed by atoms with Crippen LogP contribution in [0.4, 0.5) is 10.1 Å². The van der Waals surface area contributed by atoms with E-state index in [1.54, 1.807) is 18.2 Å². The number of para-hydroxylation sites is 1. The van der Waals surface area contributed by atoms with Gasteiger partial charge < -0.3 is 14.8 Å².